The van der Waals surface area contributed by atoms with Crippen LogP contribution < -0.4 is 15.3 Å². The van der Waals surface area contributed by atoms with E-state index in [-0.39, 0.29) is 15.5 Å². The molecule has 0 atom stereocenters. The number of nitrogens with zero attached hydrogens (tertiary/aromatic N) is 1. The first kappa shape index (κ1) is 18.9. The lowest BCUT2D eigenvalue weighted by Gasteiger charge is -2.06. The van der Waals surface area contributed by atoms with Crippen LogP contribution in [0.3, 0.4) is 0 Å². The summed E-state index contributed by atoms with van der Waals surface area (Å²) in [7, 11) is -2.46. The van der Waals surface area contributed by atoms with Crippen molar-refractivity contribution in [1.29, 1.82) is 0 Å². The zero-order valence-corrected chi connectivity index (χ0v) is 15.1. The average molecular weight is 382 g/mol. The van der Waals surface area contributed by atoms with Crippen LogP contribution in [0.15, 0.2) is 52.5 Å². The third-order valence-corrected chi connectivity index (χ3v) is 4.73. The van der Waals surface area contributed by atoms with Crippen molar-refractivity contribution in [2.45, 2.75) is 11.8 Å². The second-order valence-corrected chi connectivity index (χ2v) is 6.99. The molecule has 7 nitrogen and oxygen atoms in total. The van der Waals surface area contributed by atoms with E-state index in [0.717, 1.165) is 11.6 Å². The number of nitrogens with two attached hydrogens (primary N) is 1. The molecule has 0 aliphatic carbocycles. The molecule has 1 amide bonds. The molecule has 132 valence electrons. The van der Waals surface area contributed by atoms with Crippen LogP contribution in [0.1, 0.15) is 22.8 Å². The Kier molecular flexibility index (Phi) is 5.78. The molecule has 25 heavy (non-hydrogen) atoms. The summed E-state index contributed by atoms with van der Waals surface area (Å²) in [6.07, 6.45) is 0. The molecule has 0 saturated heterocycles. The molecule has 0 spiro atoms. The van der Waals surface area contributed by atoms with Crippen molar-refractivity contribution >= 4 is 33.2 Å². The number of hydrogen-bond donors (Lipinski definition) is 2. The standard InChI is InChI=1S/C16H16ClN3O4S/c1-10(11-3-6-13(24-2)7-4-11)19-20-16(21)12-5-8-14(17)15(9-12)25(18,22)23/h3-9H,1-2H3,(H,20,21)(H2,18,22,23)/b19-10-. The fraction of sp³-hybridized carbons (Fsp3) is 0.125. The maximum atomic E-state index is 12.2. The van der Waals surface area contributed by atoms with Crippen molar-refractivity contribution < 1.29 is 17.9 Å². The lowest BCUT2D eigenvalue weighted by molar-refractivity contribution is 0.0954. The van der Waals surface area contributed by atoms with Gasteiger partial charge in [0.2, 0.25) is 10.0 Å². The Morgan fingerprint density at radius 1 is 1.16 bits per heavy atom. The van der Waals surface area contributed by atoms with E-state index in [1.54, 1.807) is 38.3 Å². The monoisotopic (exact) mass is 381 g/mol. The van der Waals surface area contributed by atoms with E-state index in [4.69, 9.17) is 21.5 Å². The Morgan fingerprint density at radius 3 is 2.32 bits per heavy atom. The van der Waals surface area contributed by atoms with Gasteiger partial charge in [0.25, 0.3) is 5.91 Å². The van der Waals surface area contributed by atoms with Gasteiger partial charge in [-0.1, -0.05) is 11.6 Å². The van der Waals surface area contributed by atoms with Gasteiger partial charge in [0.1, 0.15) is 10.6 Å². The molecule has 0 aromatic heterocycles. The lowest BCUT2D eigenvalue weighted by Crippen LogP contribution is -2.20. The largest absolute Gasteiger partial charge is 0.497 e. The van der Waals surface area contributed by atoms with Crippen molar-refractivity contribution in [3.8, 4) is 5.75 Å². The summed E-state index contributed by atoms with van der Waals surface area (Å²) in [4.78, 5) is 11.8. The second-order valence-electron chi connectivity index (χ2n) is 5.06. The van der Waals surface area contributed by atoms with E-state index in [1.807, 2.05) is 0 Å². The van der Waals surface area contributed by atoms with E-state index < -0.39 is 15.9 Å². The van der Waals surface area contributed by atoms with Gasteiger partial charge in [-0.25, -0.2) is 19.0 Å². The number of carbonyl (C=O) groups excluding carboxylic acids is 1. The summed E-state index contributed by atoms with van der Waals surface area (Å²) in [6.45, 7) is 1.72. The number of hydrazone groups is 1. The topological polar surface area (TPSA) is 111 Å². The second kappa shape index (κ2) is 7.64. The molecular weight excluding hydrogens is 366 g/mol. The van der Waals surface area contributed by atoms with Crippen LogP contribution in [0.4, 0.5) is 0 Å². The fourth-order valence-electron chi connectivity index (χ4n) is 1.96. The Labute approximate surface area is 150 Å². The number of benzene rings is 2. The zero-order chi connectivity index (χ0) is 18.6. The number of hydrogen-bond acceptors (Lipinski definition) is 5. The first-order valence-electron chi connectivity index (χ1n) is 7.04. The minimum atomic E-state index is -4.03. The van der Waals surface area contributed by atoms with Crippen molar-refractivity contribution in [2.24, 2.45) is 10.2 Å². The smallest absolute Gasteiger partial charge is 0.271 e. The highest BCUT2D eigenvalue weighted by atomic mass is 35.5. The highest BCUT2D eigenvalue weighted by Gasteiger charge is 2.16. The number of amides is 1. The minimum Gasteiger partial charge on any atom is -0.497 e. The summed E-state index contributed by atoms with van der Waals surface area (Å²) < 4.78 is 28.0. The fourth-order valence-corrected chi connectivity index (χ4v) is 3.03. The van der Waals surface area contributed by atoms with Crippen molar-refractivity contribution in [3.63, 3.8) is 0 Å². The van der Waals surface area contributed by atoms with Gasteiger partial charge in [0.15, 0.2) is 0 Å². The van der Waals surface area contributed by atoms with Crippen LogP contribution in [0.2, 0.25) is 5.02 Å². The predicted octanol–water partition coefficient (Wildman–Crippen LogP) is 2.15. The number of sulfonamides is 1. The van der Waals surface area contributed by atoms with Crippen LogP contribution in [0.5, 0.6) is 5.75 Å². The van der Waals surface area contributed by atoms with Crippen molar-refractivity contribution in [1.82, 2.24) is 5.43 Å². The van der Waals surface area contributed by atoms with Gasteiger partial charge in [0.05, 0.1) is 17.8 Å². The van der Waals surface area contributed by atoms with Gasteiger partial charge in [-0.3, -0.25) is 4.79 Å². The first-order valence-corrected chi connectivity index (χ1v) is 8.96. The van der Waals surface area contributed by atoms with Gasteiger partial charge in [-0.2, -0.15) is 5.10 Å². The number of methoxy groups -OCH3 is 1. The molecule has 9 heteroatoms. The van der Waals surface area contributed by atoms with Crippen molar-refractivity contribution in [3.05, 3.63) is 58.6 Å². The van der Waals surface area contributed by atoms with E-state index in [1.165, 1.54) is 12.1 Å². The number of carbonyl (C=O) groups is 1. The number of rotatable bonds is 5. The Hall–Kier alpha value is -2.42. The van der Waals surface area contributed by atoms with E-state index in [0.29, 0.717) is 11.5 Å². The van der Waals surface area contributed by atoms with E-state index >= 15 is 0 Å². The molecular formula is C16H16ClN3O4S. The molecule has 0 fully saturated rings. The summed E-state index contributed by atoms with van der Waals surface area (Å²) >= 11 is 5.79. The number of ether oxygens (including phenoxy) is 1. The summed E-state index contributed by atoms with van der Waals surface area (Å²) in [5.41, 5.74) is 3.79. The van der Waals surface area contributed by atoms with Crippen LogP contribution in [0.25, 0.3) is 0 Å². The lowest BCUT2D eigenvalue weighted by atomic mass is 10.1. The molecule has 3 N–H and O–H groups in total. The Morgan fingerprint density at radius 2 is 1.76 bits per heavy atom. The van der Waals surface area contributed by atoms with Gasteiger partial charge in [-0.05, 0) is 55.0 Å². The van der Waals surface area contributed by atoms with Gasteiger partial charge >= 0.3 is 0 Å². The van der Waals surface area contributed by atoms with Crippen LogP contribution >= 0.6 is 11.6 Å². The molecule has 2 rings (SSSR count). The highest BCUT2D eigenvalue weighted by molar-refractivity contribution is 7.89. The summed E-state index contributed by atoms with van der Waals surface area (Å²) in [5, 5.41) is 9.01. The molecule has 2 aromatic rings. The molecule has 0 saturated carbocycles. The number of nitrogens with one attached hydrogen (secondary N) is 1. The predicted molar refractivity (Wildman–Crippen MR) is 95.5 cm³/mol. The average Bonchev–Trinajstić information content (AvgIpc) is 2.58. The number of primary sulfonamides is 1. The van der Waals surface area contributed by atoms with Crippen molar-refractivity contribution in [2.75, 3.05) is 7.11 Å². The van der Waals surface area contributed by atoms with Crippen LogP contribution in [0, 0.1) is 0 Å². The molecule has 2 aromatic carbocycles. The Bertz CT molecular complexity index is 925. The Balaban J connectivity index is 2.19. The quantitative estimate of drug-likeness (QED) is 0.610. The first-order chi connectivity index (χ1) is 11.7. The zero-order valence-electron chi connectivity index (χ0n) is 13.5. The van der Waals surface area contributed by atoms with Crippen LogP contribution in [-0.4, -0.2) is 27.1 Å². The summed E-state index contributed by atoms with van der Waals surface area (Å²) in [5.74, 6) is 0.117. The van der Waals surface area contributed by atoms with Gasteiger partial charge < -0.3 is 4.74 Å². The SMILES string of the molecule is COc1ccc(/C(C)=N\NC(=O)c2ccc(Cl)c(S(N)(=O)=O)c2)cc1. The third-order valence-electron chi connectivity index (χ3n) is 3.33. The molecule has 0 radical (unpaired) electrons. The van der Waals surface area contributed by atoms with Gasteiger partial charge in [-0.15, -0.1) is 0 Å². The molecule has 0 unspecified atom stereocenters. The minimum absolute atomic E-state index is 0.0584. The van der Waals surface area contributed by atoms with E-state index in [2.05, 4.69) is 10.5 Å². The maximum absolute atomic E-state index is 12.2. The normalized spacial score (nSPS) is 11.9. The molecule has 0 aliphatic rings. The molecule has 0 bridgehead atoms. The summed E-state index contributed by atoms with van der Waals surface area (Å²) in [6, 6.07) is 10.9. The highest BCUT2D eigenvalue weighted by Crippen LogP contribution is 2.21. The maximum Gasteiger partial charge on any atom is 0.271 e. The van der Waals surface area contributed by atoms with E-state index in [9.17, 15) is 13.2 Å². The molecule has 0 aliphatic heterocycles. The van der Waals surface area contributed by atoms with Gasteiger partial charge in [0, 0.05) is 5.56 Å². The third kappa shape index (κ3) is 4.79. The van der Waals surface area contributed by atoms with Crippen LogP contribution in [-0.2, 0) is 10.0 Å². The molecule has 0 heterocycles. The number of halogens is 1.